The summed E-state index contributed by atoms with van der Waals surface area (Å²) in [6.07, 6.45) is 2.69. The SMILES string of the molecule is COC(=O)[C@H](Cc1ccc(OC/C=C/COc2ccc(C[C@H](NC(=O)OC(C)(C)C)C(=O)OC)cc2)cc1)NC(=O)OC(C)(C)C. The number of alkyl carbamates (subject to hydrolysis) is 2. The maximum atomic E-state index is 12.2. The monoisotopic (exact) mass is 642 g/mol. The van der Waals surface area contributed by atoms with Gasteiger partial charge in [-0.3, -0.25) is 0 Å². The quantitative estimate of drug-likeness (QED) is 0.165. The van der Waals surface area contributed by atoms with Gasteiger partial charge in [-0.2, -0.15) is 0 Å². The number of benzene rings is 2. The van der Waals surface area contributed by atoms with Crippen LogP contribution in [0.25, 0.3) is 0 Å². The van der Waals surface area contributed by atoms with Crippen molar-refractivity contribution in [2.75, 3.05) is 27.4 Å². The van der Waals surface area contributed by atoms with Crippen molar-refractivity contribution in [2.45, 2.75) is 77.7 Å². The molecule has 0 aliphatic carbocycles. The van der Waals surface area contributed by atoms with Gasteiger partial charge >= 0.3 is 24.1 Å². The van der Waals surface area contributed by atoms with E-state index in [4.69, 9.17) is 28.4 Å². The minimum absolute atomic E-state index is 0.221. The molecule has 2 aromatic carbocycles. The van der Waals surface area contributed by atoms with E-state index in [0.29, 0.717) is 24.7 Å². The average molecular weight is 643 g/mol. The van der Waals surface area contributed by atoms with Gasteiger partial charge in [0.05, 0.1) is 14.2 Å². The number of ether oxygens (including phenoxy) is 6. The van der Waals surface area contributed by atoms with Gasteiger partial charge in [-0.15, -0.1) is 0 Å². The van der Waals surface area contributed by atoms with Crippen LogP contribution in [0.3, 0.4) is 0 Å². The molecule has 2 rings (SSSR count). The Kier molecular flexibility index (Phi) is 14.4. The Morgan fingerprint density at radius 2 is 0.935 bits per heavy atom. The van der Waals surface area contributed by atoms with E-state index >= 15 is 0 Å². The van der Waals surface area contributed by atoms with E-state index in [1.54, 1.807) is 90.1 Å². The first kappa shape index (κ1) is 37.4. The van der Waals surface area contributed by atoms with E-state index < -0.39 is 47.4 Å². The van der Waals surface area contributed by atoms with E-state index in [1.165, 1.54) is 14.2 Å². The van der Waals surface area contributed by atoms with Gasteiger partial charge in [0, 0.05) is 12.8 Å². The first-order valence-corrected chi connectivity index (χ1v) is 14.8. The van der Waals surface area contributed by atoms with Crippen LogP contribution in [-0.4, -0.2) is 74.8 Å². The molecule has 252 valence electrons. The molecule has 2 atom stereocenters. The molecule has 0 unspecified atom stereocenters. The van der Waals surface area contributed by atoms with Gasteiger partial charge in [-0.25, -0.2) is 19.2 Å². The molecule has 0 aliphatic heterocycles. The zero-order chi connectivity index (χ0) is 34.3. The number of nitrogens with one attached hydrogen (secondary N) is 2. The Morgan fingerprint density at radius 1 is 0.609 bits per heavy atom. The van der Waals surface area contributed by atoms with E-state index in [9.17, 15) is 19.2 Å². The molecule has 46 heavy (non-hydrogen) atoms. The predicted molar refractivity (Wildman–Crippen MR) is 171 cm³/mol. The molecule has 2 amide bonds. The highest BCUT2D eigenvalue weighted by Crippen LogP contribution is 2.16. The third-order valence-corrected chi connectivity index (χ3v) is 5.94. The largest absolute Gasteiger partial charge is 0.490 e. The first-order valence-electron chi connectivity index (χ1n) is 14.8. The summed E-state index contributed by atoms with van der Waals surface area (Å²) in [6.45, 7) is 11.1. The zero-order valence-corrected chi connectivity index (χ0v) is 27.8. The standard InChI is InChI=1S/C34H46N2O10/c1-33(2,3)45-31(39)35-27(29(37)41-7)21-23-11-15-25(16-12-23)43-19-9-10-20-44-26-17-13-24(14-18-26)22-28(30(38)42-8)36-32(40)46-34(4,5)6/h9-18,27-28H,19-22H2,1-8H3,(H,35,39)(H,36,40)/b10-9+/t27-,28-/m0/s1. The van der Waals surface area contributed by atoms with E-state index in [-0.39, 0.29) is 12.8 Å². The summed E-state index contributed by atoms with van der Waals surface area (Å²) in [5, 5.41) is 5.12. The minimum Gasteiger partial charge on any atom is -0.490 e. The van der Waals surface area contributed by atoms with Crippen LogP contribution in [0.1, 0.15) is 52.7 Å². The summed E-state index contributed by atoms with van der Waals surface area (Å²) < 4.78 is 31.6. The number of hydrogen-bond donors (Lipinski definition) is 2. The van der Waals surface area contributed by atoms with Gasteiger partial charge in [0.25, 0.3) is 0 Å². The highest BCUT2D eigenvalue weighted by molar-refractivity contribution is 5.82. The van der Waals surface area contributed by atoms with Gasteiger partial charge in [-0.05, 0) is 89.1 Å². The fourth-order valence-electron chi connectivity index (χ4n) is 3.91. The van der Waals surface area contributed by atoms with Crippen molar-refractivity contribution in [1.82, 2.24) is 10.6 Å². The lowest BCUT2D eigenvalue weighted by molar-refractivity contribution is -0.143. The molecule has 0 saturated heterocycles. The van der Waals surface area contributed by atoms with Crippen molar-refractivity contribution < 1.29 is 47.6 Å². The lowest BCUT2D eigenvalue weighted by atomic mass is 10.1. The van der Waals surface area contributed by atoms with Gasteiger partial charge in [0.1, 0.15) is 48.0 Å². The van der Waals surface area contributed by atoms with Gasteiger partial charge in [0.15, 0.2) is 0 Å². The average Bonchev–Trinajstić information content (AvgIpc) is 2.97. The predicted octanol–water partition coefficient (Wildman–Crippen LogP) is 4.92. The van der Waals surface area contributed by atoms with Crippen LogP contribution >= 0.6 is 0 Å². The van der Waals surface area contributed by atoms with Crippen molar-refractivity contribution in [1.29, 1.82) is 0 Å². The topological polar surface area (TPSA) is 148 Å². The van der Waals surface area contributed by atoms with Gasteiger partial charge < -0.3 is 39.1 Å². The number of rotatable bonds is 14. The molecule has 2 aromatic rings. The van der Waals surface area contributed by atoms with Crippen LogP contribution in [0.4, 0.5) is 9.59 Å². The van der Waals surface area contributed by atoms with E-state index in [0.717, 1.165) is 11.1 Å². The van der Waals surface area contributed by atoms with E-state index in [1.807, 2.05) is 12.2 Å². The normalized spacial score (nSPS) is 12.8. The molecular formula is C34H46N2O10. The third kappa shape index (κ3) is 14.8. The van der Waals surface area contributed by atoms with Crippen LogP contribution in [0, 0.1) is 0 Å². The lowest BCUT2D eigenvalue weighted by Crippen LogP contribution is -2.45. The minimum atomic E-state index is -0.899. The number of carbonyl (C=O) groups is 4. The van der Waals surface area contributed by atoms with Crippen molar-refractivity contribution in [3.8, 4) is 11.5 Å². The molecule has 0 radical (unpaired) electrons. The summed E-state index contributed by atoms with van der Waals surface area (Å²) >= 11 is 0. The number of amides is 2. The fourth-order valence-corrected chi connectivity index (χ4v) is 3.91. The molecule has 0 saturated carbocycles. The second-order valence-corrected chi connectivity index (χ2v) is 12.2. The van der Waals surface area contributed by atoms with Crippen LogP contribution in [-0.2, 0) is 41.4 Å². The maximum Gasteiger partial charge on any atom is 0.408 e. The Bertz CT molecular complexity index is 1210. The second-order valence-electron chi connectivity index (χ2n) is 12.2. The van der Waals surface area contributed by atoms with Crippen LogP contribution in [0.15, 0.2) is 60.7 Å². The Labute approximate surface area is 270 Å². The molecule has 0 bridgehead atoms. The lowest BCUT2D eigenvalue weighted by Gasteiger charge is -2.22. The van der Waals surface area contributed by atoms with Gasteiger partial charge in [-0.1, -0.05) is 24.3 Å². The van der Waals surface area contributed by atoms with Crippen molar-refractivity contribution in [3.05, 3.63) is 71.8 Å². The van der Waals surface area contributed by atoms with E-state index in [2.05, 4.69) is 10.6 Å². The summed E-state index contributed by atoms with van der Waals surface area (Å²) in [7, 11) is 2.52. The molecule has 0 aliphatic rings. The van der Waals surface area contributed by atoms with Crippen molar-refractivity contribution in [2.24, 2.45) is 0 Å². The van der Waals surface area contributed by atoms with Crippen molar-refractivity contribution >= 4 is 24.1 Å². The summed E-state index contributed by atoms with van der Waals surface area (Å²) in [6, 6.07) is 12.5. The Morgan fingerprint density at radius 3 is 1.22 bits per heavy atom. The van der Waals surface area contributed by atoms with Crippen LogP contribution in [0.2, 0.25) is 0 Å². The number of esters is 2. The van der Waals surface area contributed by atoms with Gasteiger partial charge in [0.2, 0.25) is 0 Å². The molecule has 0 heterocycles. The Hall–Kier alpha value is -4.74. The zero-order valence-electron chi connectivity index (χ0n) is 27.8. The summed E-state index contributed by atoms with van der Waals surface area (Å²) in [4.78, 5) is 48.7. The van der Waals surface area contributed by atoms with Crippen LogP contribution < -0.4 is 20.1 Å². The number of carbonyl (C=O) groups excluding carboxylic acids is 4. The summed E-state index contributed by atoms with van der Waals surface area (Å²) in [5.74, 6) is 0.112. The highest BCUT2D eigenvalue weighted by atomic mass is 16.6. The number of methoxy groups -OCH3 is 2. The fraction of sp³-hybridized carbons (Fsp3) is 0.471. The smallest absolute Gasteiger partial charge is 0.408 e. The molecule has 0 spiro atoms. The highest BCUT2D eigenvalue weighted by Gasteiger charge is 2.26. The maximum absolute atomic E-state index is 12.2. The third-order valence-electron chi connectivity index (χ3n) is 5.94. The Balaban J connectivity index is 1.80. The second kappa shape index (κ2) is 17.7. The molecular weight excluding hydrogens is 596 g/mol. The first-order chi connectivity index (χ1) is 21.6. The molecule has 2 N–H and O–H groups in total. The molecule has 12 heteroatoms. The molecule has 12 nitrogen and oxygen atoms in total. The van der Waals surface area contributed by atoms with Crippen LogP contribution in [0.5, 0.6) is 11.5 Å². The molecule has 0 fully saturated rings. The number of hydrogen-bond acceptors (Lipinski definition) is 10. The molecule has 0 aromatic heterocycles. The van der Waals surface area contributed by atoms with Crippen molar-refractivity contribution in [3.63, 3.8) is 0 Å². The summed E-state index contributed by atoms with van der Waals surface area (Å²) in [5.41, 5.74) is 0.209.